The smallest absolute Gasteiger partial charge is 0.413 e. The maximum atomic E-state index is 11.0. The lowest BCUT2D eigenvalue weighted by atomic mass is 10.0. The highest BCUT2D eigenvalue weighted by molar-refractivity contribution is 5.94. The number of ether oxygens (including phenoxy) is 1. The van der Waals surface area contributed by atoms with Crippen LogP contribution < -0.4 is 10.6 Å². The van der Waals surface area contributed by atoms with Gasteiger partial charge in [-0.15, -0.1) is 0 Å². The molecule has 1 atom stereocenters. The van der Waals surface area contributed by atoms with E-state index in [1.807, 2.05) is 0 Å². The molecule has 0 spiro atoms. The first-order valence-corrected chi connectivity index (χ1v) is 5.98. The molecule has 1 aromatic carbocycles. The summed E-state index contributed by atoms with van der Waals surface area (Å²) < 4.78 is 4.51. The van der Waals surface area contributed by atoms with Gasteiger partial charge in [0.2, 0.25) is 5.96 Å². The summed E-state index contributed by atoms with van der Waals surface area (Å²) in [5, 5.41) is 5.57. The number of nitrogens with zero attached hydrogens (tertiary/aromatic N) is 1. The van der Waals surface area contributed by atoms with E-state index in [-0.39, 0.29) is 6.04 Å². The maximum absolute atomic E-state index is 11.0. The van der Waals surface area contributed by atoms with Crippen molar-refractivity contribution < 1.29 is 9.53 Å². The van der Waals surface area contributed by atoms with Crippen molar-refractivity contribution in [1.82, 2.24) is 10.6 Å². The first kappa shape index (κ1) is 12.4. The van der Waals surface area contributed by atoms with Crippen LogP contribution in [0.3, 0.4) is 0 Å². The predicted molar refractivity (Wildman–Crippen MR) is 69.5 cm³/mol. The van der Waals surface area contributed by atoms with Gasteiger partial charge in [0.1, 0.15) is 0 Å². The van der Waals surface area contributed by atoms with E-state index >= 15 is 0 Å². The molecule has 0 radical (unpaired) electrons. The van der Waals surface area contributed by atoms with Crippen molar-refractivity contribution in [2.75, 3.05) is 13.7 Å². The molecule has 0 aliphatic carbocycles. The summed E-state index contributed by atoms with van der Waals surface area (Å²) in [6.45, 7) is 2.81. The quantitative estimate of drug-likeness (QED) is 0.834. The topological polar surface area (TPSA) is 62.7 Å². The van der Waals surface area contributed by atoms with E-state index in [9.17, 15) is 4.79 Å². The number of benzene rings is 1. The second-order valence-electron chi connectivity index (χ2n) is 4.09. The molecule has 0 fully saturated rings. The number of aryl methyl sites for hydroxylation is 1. The Labute approximate surface area is 106 Å². The van der Waals surface area contributed by atoms with E-state index in [2.05, 4.69) is 51.6 Å². The molecule has 2 rings (SSSR count). The molecule has 0 saturated carbocycles. The zero-order chi connectivity index (χ0) is 13.0. The lowest BCUT2D eigenvalue weighted by Crippen LogP contribution is -2.37. The van der Waals surface area contributed by atoms with Gasteiger partial charge >= 0.3 is 6.09 Å². The highest BCUT2D eigenvalue weighted by Gasteiger charge is 2.19. The van der Waals surface area contributed by atoms with Crippen molar-refractivity contribution in [2.24, 2.45) is 4.99 Å². The van der Waals surface area contributed by atoms with Crippen LogP contribution in [-0.4, -0.2) is 25.7 Å². The van der Waals surface area contributed by atoms with Gasteiger partial charge in [0.05, 0.1) is 13.2 Å². The molecule has 0 aromatic heterocycles. The molecule has 5 heteroatoms. The number of alkyl carbamates (subject to hydrolysis) is 1. The van der Waals surface area contributed by atoms with Crippen LogP contribution in [0.25, 0.3) is 0 Å². The number of carbonyl (C=O) groups excluding carboxylic acids is 1. The van der Waals surface area contributed by atoms with Crippen LogP contribution in [0.4, 0.5) is 4.79 Å². The van der Waals surface area contributed by atoms with Gasteiger partial charge < -0.3 is 10.1 Å². The molecule has 1 unspecified atom stereocenters. The van der Waals surface area contributed by atoms with Crippen molar-refractivity contribution in [3.05, 3.63) is 35.4 Å². The third-order valence-corrected chi connectivity index (χ3v) is 2.93. The van der Waals surface area contributed by atoms with Crippen LogP contribution in [-0.2, 0) is 11.2 Å². The van der Waals surface area contributed by atoms with Crippen molar-refractivity contribution in [2.45, 2.75) is 19.4 Å². The van der Waals surface area contributed by atoms with Gasteiger partial charge in [0.25, 0.3) is 0 Å². The highest BCUT2D eigenvalue weighted by atomic mass is 16.5. The van der Waals surface area contributed by atoms with Crippen molar-refractivity contribution in [3.8, 4) is 0 Å². The Bertz CT molecular complexity index is 454. The molecular formula is C13H17N3O2. The van der Waals surface area contributed by atoms with Crippen LogP contribution in [0.5, 0.6) is 0 Å². The monoisotopic (exact) mass is 247 g/mol. The van der Waals surface area contributed by atoms with E-state index < -0.39 is 6.09 Å². The van der Waals surface area contributed by atoms with Crippen LogP contribution in [0.2, 0.25) is 0 Å². The molecule has 18 heavy (non-hydrogen) atoms. The van der Waals surface area contributed by atoms with E-state index in [4.69, 9.17) is 0 Å². The number of hydrogen-bond donors (Lipinski definition) is 2. The number of guanidine groups is 1. The largest absolute Gasteiger partial charge is 0.453 e. The Morgan fingerprint density at radius 3 is 2.83 bits per heavy atom. The van der Waals surface area contributed by atoms with Gasteiger partial charge in [0.15, 0.2) is 0 Å². The number of methoxy groups -OCH3 is 1. The average Bonchev–Trinajstić information content (AvgIpc) is 2.87. The standard InChI is InChI=1S/C13H17N3O2/c1-3-9-4-6-10(7-5-9)11-8-14-12(15-11)16-13(17)18-2/h4-7,11H,3,8H2,1-2H3,(H2,14,15,16,17). The Morgan fingerprint density at radius 2 is 2.22 bits per heavy atom. The molecule has 1 aliphatic heterocycles. The van der Waals surface area contributed by atoms with Gasteiger partial charge in [-0.2, -0.15) is 0 Å². The summed E-state index contributed by atoms with van der Waals surface area (Å²) in [6.07, 6.45) is 0.518. The fraction of sp³-hybridized carbons (Fsp3) is 0.385. The average molecular weight is 247 g/mol. The summed E-state index contributed by atoms with van der Waals surface area (Å²) in [5.41, 5.74) is 2.45. The Hall–Kier alpha value is -2.04. The van der Waals surface area contributed by atoms with Gasteiger partial charge in [-0.05, 0) is 17.5 Å². The second-order valence-corrected chi connectivity index (χ2v) is 4.09. The van der Waals surface area contributed by atoms with Crippen molar-refractivity contribution >= 4 is 12.1 Å². The molecule has 5 nitrogen and oxygen atoms in total. The van der Waals surface area contributed by atoms with Gasteiger partial charge in [-0.25, -0.2) is 9.79 Å². The molecule has 96 valence electrons. The molecule has 2 N–H and O–H groups in total. The normalized spacial score (nSPS) is 17.9. The Balaban J connectivity index is 2.04. The predicted octanol–water partition coefficient (Wildman–Crippen LogP) is 1.61. The van der Waals surface area contributed by atoms with Crippen LogP contribution in [0.1, 0.15) is 24.1 Å². The summed E-state index contributed by atoms with van der Waals surface area (Å²) in [6, 6.07) is 8.42. The molecule has 1 amide bonds. The fourth-order valence-corrected chi connectivity index (χ4v) is 1.83. The SMILES string of the molecule is CCc1ccc(C2CNC(NC(=O)OC)=N2)cc1. The highest BCUT2D eigenvalue weighted by Crippen LogP contribution is 2.20. The lowest BCUT2D eigenvalue weighted by molar-refractivity contribution is 0.176. The minimum absolute atomic E-state index is 0.0445. The van der Waals surface area contributed by atoms with Crippen LogP contribution in [0.15, 0.2) is 29.3 Å². The van der Waals surface area contributed by atoms with Gasteiger partial charge in [-0.3, -0.25) is 5.32 Å². The number of rotatable bonds is 2. The summed E-state index contributed by atoms with van der Waals surface area (Å²) in [5.74, 6) is 0.464. The Kier molecular flexibility index (Phi) is 3.82. The number of aliphatic imine (C=N–C) groups is 1. The molecule has 0 bridgehead atoms. The number of carbonyl (C=O) groups is 1. The second kappa shape index (κ2) is 5.53. The molecule has 0 saturated heterocycles. The van der Waals surface area contributed by atoms with Gasteiger partial charge in [-0.1, -0.05) is 31.2 Å². The zero-order valence-corrected chi connectivity index (χ0v) is 10.6. The van der Waals surface area contributed by atoms with E-state index in [1.165, 1.54) is 12.7 Å². The molecule has 1 aliphatic rings. The minimum atomic E-state index is -0.511. The zero-order valence-electron chi connectivity index (χ0n) is 10.6. The number of hydrogen-bond acceptors (Lipinski definition) is 4. The van der Waals surface area contributed by atoms with E-state index in [0.29, 0.717) is 12.5 Å². The van der Waals surface area contributed by atoms with Gasteiger partial charge in [0, 0.05) is 6.54 Å². The van der Waals surface area contributed by atoms with Crippen molar-refractivity contribution in [3.63, 3.8) is 0 Å². The molecular weight excluding hydrogens is 230 g/mol. The van der Waals surface area contributed by atoms with E-state index in [0.717, 1.165) is 12.0 Å². The fourth-order valence-electron chi connectivity index (χ4n) is 1.83. The summed E-state index contributed by atoms with van der Waals surface area (Å²) >= 11 is 0. The first-order valence-electron chi connectivity index (χ1n) is 5.98. The van der Waals surface area contributed by atoms with Crippen LogP contribution in [0, 0.1) is 0 Å². The maximum Gasteiger partial charge on any atom is 0.413 e. The van der Waals surface area contributed by atoms with Crippen molar-refractivity contribution in [1.29, 1.82) is 0 Å². The number of nitrogens with one attached hydrogen (secondary N) is 2. The Morgan fingerprint density at radius 1 is 1.50 bits per heavy atom. The number of amides is 1. The molecule has 1 aromatic rings. The van der Waals surface area contributed by atoms with E-state index in [1.54, 1.807) is 0 Å². The third kappa shape index (κ3) is 2.80. The summed E-state index contributed by atoms with van der Waals surface area (Å²) in [7, 11) is 1.33. The first-order chi connectivity index (χ1) is 8.72. The van der Waals surface area contributed by atoms with Crippen LogP contribution >= 0.6 is 0 Å². The summed E-state index contributed by atoms with van der Waals surface area (Å²) in [4.78, 5) is 15.4. The molecule has 1 heterocycles. The minimum Gasteiger partial charge on any atom is -0.453 e. The third-order valence-electron chi connectivity index (χ3n) is 2.93. The lowest BCUT2D eigenvalue weighted by Gasteiger charge is -2.06.